The van der Waals surface area contributed by atoms with Gasteiger partial charge in [-0.25, -0.2) is 0 Å². The van der Waals surface area contributed by atoms with Gasteiger partial charge >= 0.3 is 0 Å². The standard InChI is InChI=1S/C18H18N2O4/c1-12-11-18(24-15-9-7-14(8-10-15)20(22)23)16-5-3-4-6-17(16)19(12)13(2)21/h3-10,12,18H,11H2,1-2H3. The summed E-state index contributed by atoms with van der Waals surface area (Å²) in [4.78, 5) is 24.0. The summed E-state index contributed by atoms with van der Waals surface area (Å²) in [6.07, 6.45) is 0.460. The zero-order chi connectivity index (χ0) is 17.3. The average molecular weight is 326 g/mol. The lowest BCUT2D eigenvalue weighted by atomic mass is 9.93. The number of hydrogen-bond donors (Lipinski definition) is 0. The summed E-state index contributed by atoms with van der Waals surface area (Å²) >= 11 is 0. The second-order valence-corrected chi connectivity index (χ2v) is 5.89. The molecule has 2 unspecified atom stereocenters. The van der Waals surface area contributed by atoms with Crippen molar-refractivity contribution in [2.24, 2.45) is 0 Å². The van der Waals surface area contributed by atoms with Gasteiger partial charge in [-0.2, -0.15) is 0 Å². The second-order valence-electron chi connectivity index (χ2n) is 5.89. The molecular formula is C18H18N2O4. The summed E-state index contributed by atoms with van der Waals surface area (Å²) in [5.41, 5.74) is 1.84. The van der Waals surface area contributed by atoms with Crippen LogP contribution in [0.2, 0.25) is 0 Å². The molecule has 1 heterocycles. The zero-order valence-electron chi connectivity index (χ0n) is 13.5. The van der Waals surface area contributed by atoms with Gasteiger partial charge in [0.05, 0.1) is 10.6 Å². The van der Waals surface area contributed by atoms with E-state index in [-0.39, 0.29) is 23.7 Å². The lowest BCUT2D eigenvalue weighted by Gasteiger charge is -2.38. The van der Waals surface area contributed by atoms with Crippen molar-refractivity contribution in [2.75, 3.05) is 4.90 Å². The van der Waals surface area contributed by atoms with Gasteiger partial charge in [-0.1, -0.05) is 18.2 Å². The number of hydrogen-bond acceptors (Lipinski definition) is 4. The minimum absolute atomic E-state index is 0.00346. The van der Waals surface area contributed by atoms with Crippen LogP contribution in [0.25, 0.3) is 0 Å². The van der Waals surface area contributed by atoms with Crippen LogP contribution in [0.5, 0.6) is 5.75 Å². The Balaban J connectivity index is 1.90. The highest BCUT2D eigenvalue weighted by Crippen LogP contribution is 2.39. The van der Waals surface area contributed by atoms with Crippen LogP contribution in [0, 0.1) is 10.1 Å². The monoisotopic (exact) mass is 326 g/mol. The largest absolute Gasteiger partial charge is 0.486 e. The maximum absolute atomic E-state index is 12.0. The molecule has 1 aliphatic heterocycles. The molecule has 0 aromatic heterocycles. The van der Waals surface area contributed by atoms with Crippen LogP contribution in [0.15, 0.2) is 48.5 Å². The molecule has 1 aliphatic rings. The number of ether oxygens (including phenoxy) is 1. The molecule has 6 heteroatoms. The maximum Gasteiger partial charge on any atom is 0.269 e. The van der Waals surface area contributed by atoms with E-state index >= 15 is 0 Å². The highest BCUT2D eigenvalue weighted by molar-refractivity contribution is 5.93. The SMILES string of the molecule is CC(=O)N1c2ccccc2C(Oc2ccc([N+](=O)[O-])cc2)CC1C. The van der Waals surface area contributed by atoms with Crippen LogP contribution in [-0.2, 0) is 4.79 Å². The summed E-state index contributed by atoms with van der Waals surface area (Å²) in [5, 5.41) is 10.7. The maximum atomic E-state index is 12.0. The molecule has 0 aliphatic carbocycles. The number of nitrogens with zero attached hydrogens (tertiary/aromatic N) is 2. The third-order valence-corrected chi connectivity index (χ3v) is 4.20. The Hall–Kier alpha value is -2.89. The van der Waals surface area contributed by atoms with Gasteiger partial charge in [0.1, 0.15) is 11.9 Å². The van der Waals surface area contributed by atoms with Crippen molar-refractivity contribution >= 4 is 17.3 Å². The van der Waals surface area contributed by atoms with E-state index in [4.69, 9.17) is 4.74 Å². The normalized spacial score (nSPS) is 19.5. The van der Waals surface area contributed by atoms with E-state index in [2.05, 4.69) is 0 Å². The third kappa shape index (κ3) is 2.95. The first kappa shape index (κ1) is 16.0. The minimum Gasteiger partial charge on any atom is -0.486 e. The van der Waals surface area contributed by atoms with E-state index < -0.39 is 4.92 Å². The molecule has 2 atom stereocenters. The highest BCUT2D eigenvalue weighted by Gasteiger charge is 2.33. The van der Waals surface area contributed by atoms with Gasteiger partial charge in [-0.15, -0.1) is 0 Å². The number of para-hydroxylation sites is 1. The van der Waals surface area contributed by atoms with E-state index in [1.165, 1.54) is 12.1 Å². The predicted octanol–water partition coefficient (Wildman–Crippen LogP) is 3.86. The number of anilines is 1. The van der Waals surface area contributed by atoms with Gasteiger partial charge in [-0.3, -0.25) is 14.9 Å². The molecule has 0 saturated heterocycles. The first-order chi connectivity index (χ1) is 11.5. The smallest absolute Gasteiger partial charge is 0.269 e. The molecule has 3 rings (SSSR count). The number of amides is 1. The summed E-state index contributed by atoms with van der Waals surface area (Å²) in [6, 6.07) is 13.7. The fourth-order valence-electron chi connectivity index (χ4n) is 3.16. The number of rotatable bonds is 3. The number of carbonyl (C=O) groups is 1. The summed E-state index contributed by atoms with van der Waals surface area (Å²) in [7, 11) is 0. The van der Waals surface area contributed by atoms with Gasteiger partial charge in [0.15, 0.2) is 0 Å². The quantitative estimate of drug-likeness (QED) is 0.634. The lowest BCUT2D eigenvalue weighted by Crippen LogP contribution is -2.42. The number of carbonyl (C=O) groups excluding carboxylic acids is 1. The molecule has 24 heavy (non-hydrogen) atoms. The Kier molecular flexibility index (Phi) is 4.20. The molecule has 0 N–H and O–H groups in total. The fraction of sp³-hybridized carbons (Fsp3) is 0.278. The summed E-state index contributed by atoms with van der Waals surface area (Å²) in [5.74, 6) is 0.576. The van der Waals surface area contributed by atoms with E-state index in [1.54, 1.807) is 24.0 Å². The van der Waals surface area contributed by atoms with Crippen LogP contribution in [-0.4, -0.2) is 16.9 Å². The van der Waals surface area contributed by atoms with Gasteiger partial charge in [0.2, 0.25) is 5.91 Å². The minimum atomic E-state index is -0.438. The van der Waals surface area contributed by atoms with Crippen LogP contribution in [0.1, 0.15) is 31.9 Å². The predicted molar refractivity (Wildman–Crippen MR) is 90.1 cm³/mol. The van der Waals surface area contributed by atoms with Crippen molar-refractivity contribution in [1.29, 1.82) is 0 Å². The molecule has 0 spiro atoms. The molecule has 124 valence electrons. The van der Waals surface area contributed by atoms with Crippen LogP contribution in [0.4, 0.5) is 11.4 Å². The van der Waals surface area contributed by atoms with Crippen LogP contribution in [0.3, 0.4) is 0 Å². The van der Waals surface area contributed by atoms with Gasteiger partial charge < -0.3 is 9.64 Å². The van der Waals surface area contributed by atoms with Crippen molar-refractivity contribution in [3.05, 3.63) is 64.2 Å². The third-order valence-electron chi connectivity index (χ3n) is 4.20. The Morgan fingerprint density at radius 1 is 1.21 bits per heavy atom. The van der Waals surface area contributed by atoms with Crippen molar-refractivity contribution in [1.82, 2.24) is 0 Å². The Morgan fingerprint density at radius 2 is 1.88 bits per heavy atom. The summed E-state index contributed by atoms with van der Waals surface area (Å²) in [6.45, 7) is 3.55. The number of non-ortho nitro benzene ring substituents is 1. The average Bonchev–Trinajstić information content (AvgIpc) is 2.55. The van der Waals surface area contributed by atoms with Crippen LogP contribution < -0.4 is 9.64 Å². The topological polar surface area (TPSA) is 72.7 Å². The molecule has 6 nitrogen and oxygen atoms in total. The summed E-state index contributed by atoms with van der Waals surface area (Å²) < 4.78 is 6.05. The Labute approximate surface area is 139 Å². The molecule has 1 amide bonds. The van der Waals surface area contributed by atoms with E-state index in [0.717, 1.165) is 11.3 Å². The molecule has 0 radical (unpaired) electrons. The first-order valence-corrected chi connectivity index (χ1v) is 7.77. The molecule has 2 aromatic carbocycles. The molecule has 0 bridgehead atoms. The van der Waals surface area contributed by atoms with E-state index in [1.807, 2.05) is 31.2 Å². The highest BCUT2D eigenvalue weighted by atomic mass is 16.6. The van der Waals surface area contributed by atoms with Gasteiger partial charge in [0.25, 0.3) is 5.69 Å². The molecule has 0 fully saturated rings. The Morgan fingerprint density at radius 3 is 2.50 bits per heavy atom. The van der Waals surface area contributed by atoms with Gasteiger partial charge in [0, 0.05) is 37.1 Å². The Bertz CT molecular complexity index is 773. The molecule has 2 aromatic rings. The van der Waals surface area contributed by atoms with E-state index in [0.29, 0.717) is 12.2 Å². The van der Waals surface area contributed by atoms with E-state index in [9.17, 15) is 14.9 Å². The van der Waals surface area contributed by atoms with Crippen molar-refractivity contribution in [3.63, 3.8) is 0 Å². The van der Waals surface area contributed by atoms with Gasteiger partial charge in [-0.05, 0) is 25.1 Å². The van der Waals surface area contributed by atoms with Crippen molar-refractivity contribution in [3.8, 4) is 5.75 Å². The number of nitro benzene ring substituents is 1. The molecular weight excluding hydrogens is 308 g/mol. The number of benzene rings is 2. The lowest BCUT2D eigenvalue weighted by molar-refractivity contribution is -0.384. The fourth-order valence-corrected chi connectivity index (χ4v) is 3.16. The van der Waals surface area contributed by atoms with Crippen molar-refractivity contribution in [2.45, 2.75) is 32.4 Å². The van der Waals surface area contributed by atoms with Crippen molar-refractivity contribution < 1.29 is 14.5 Å². The molecule has 0 saturated carbocycles. The first-order valence-electron chi connectivity index (χ1n) is 7.77. The zero-order valence-corrected chi connectivity index (χ0v) is 13.5. The number of fused-ring (bicyclic) bond motifs is 1. The number of nitro groups is 1. The second kappa shape index (κ2) is 6.31. The van der Waals surface area contributed by atoms with Crippen LogP contribution >= 0.6 is 0 Å².